The zero-order valence-corrected chi connectivity index (χ0v) is 7.17. The fraction of sp³-hybridized carbons (Fsp3) is 0.400. The summed E-state index contributed by atoms with van der Waals surface area (Å²) in [6, 6.07) is 6.13. The van der Waals surface area contributed by atoms with Crippen LogP contribution in [0.5, 0.6) is 5.75 Å². The molecule has 1 heterocycles. The number of hydrogen-bond donors (Lipinski definition) is 2. The van der Waals surface area contributed by atoms with E-state index in [4.69, 9.17) is 0 Å². The molecule has 64 valence electrons. The van der Waals surface area contributed by atoms with E-state index in [9.17, 15) is 5.11 Å². The lowest BCUT2D eigenvalue weighted by Crippen LogP contribution is -2.32. The SMILES string of the molecule is C[C@@H]1Cc2cc(O)ccc2CN1. The van der Waals surface area contributed by atoms with Gasteiger partial charge < -0.3 is 10.4 Å². The highest BCUT2D eigenvalue weighted by molar-refractivity contribution is 5.36. The van der Waals surface area contributed by atoms with Gasteiger partial charge in [0, 0.05) is 12.6 Å². The van der Waals surface area contributed by atoms with Crippen LogP contribution in [0.15, 0.2) is 18.2 Å². The Bertz CT molecular complexity index is 296. The molecule has 2 nitrogen and oxygen atoms in total. The van der Waals surface area contributed by atoms with E-state index in [2.05, 4.69) is 12.2 Å². The quantitative estimate of drug-likeness (QED) is 0.606. The van der Waals surface area contributed by atoms with Crippen molar-refractivity contribution in [2.75, 3.05) is 0 Å². The molecular formula is C10H13NO. The van der Waals surface area contributed by atoms with Gasteiger partial charge in [-0.05, 0) is 36.6 Å². The molecule has 1 atom stereocenters. The Morgan fingerprint density at radius 3 is 3.08 bits per heavy atom. The second-order valence-electron chi connectivity index (χ2n) is 3.44. The van der Waals surface area contributed by atoms with Crippen molar-refractivity contribution in [3.8, 4) is 5.75 Å². The van der Waals surface area contributed by atoms with E-state index in [1.165, 1.54) is 11.1 Å². The van der Waals surface area contributed by atoms with Crippen molar-refractivity contribution in [2.45, 2.75) is 25.9 Å². The lowest BCUT2D eigenvalue weighted by atomic mass is 9.96. The van der Waals surface area contributed by atoms with Crippen LogP contribution >= 0.6 is 0 Å². The number of phenolic OH excluding ortho intramolecular Hbond substituents is 1. The molecule has 0 amide bonds. The number of aromatic hydroxyl groups is 1. The summed E-state index contributed by atoms with van der Waals surface area (Å²) >= 11 is 0. The van der Waals surface area contributed by atoms with Crippen molar-refractivity contribution in [3.63, 3.8) is 0 Å². The molecule has 0 aromatic heterocycles. The van der Waals surface area contributed by atoms with Crippen molar-refractivity contribution in [1.29, 1.82) is 0 Å². The normalized spacial score (nSPS) is 21.9. The van der Waals surface area contributed by atoms with Gasteiger partial charge in [0.1, 0.15) is 5.75 Å². The Kier molecular flexibility index (Phi) is 1.77. The molecule has 2 heteroatoms. The molecule has 1 aliphatic heterocycles. The minimum atomic E-state index is 0.378. The summed E-state index contributed by atoms with van der Waals surface area (Å²) in [5.41, 5.74) is 2.59. The average molecular weight is 163 g/mol. The summed E-state index contributed by atoms with van der Waals surface area (Å²) in [5, 5.41) is 12.6. The first-order chi connectivity index (χ1) is 5.75. The molecule has 0 saturated heterocycles. The second-order valence-corrected chi connectivity index (χ2v) is 3.44. The number of benzene rings is 1. The summed E-state index contributed by atoms with van der Waals surface area (Å²) < 4.78 is 0. The molecule has 1 aliphatic rings. The maximum absolute atomic E-state index is 9.25. The van der Waals surface area contributed by atoms with Crippen LogP contribution in [-0.2, 0) is 13.0 Å². The van der Waals surface area contributed by atoms with Gasteiger partial charge in [-0.25, -0.2) is 0 Å². The van der Waals surface area contributed by atoms with Crippen molar-refractivity contribution in [2.24, 2.45) is 0 Å². The second kappa shape index (κ2) is 2.79. The molecular weight excluding hydrogens is 150 g/mol. The van der Waals surface area contributed by atoms with Gasteiger partial charge in [-0.3, -0.25) is 0 Å². The van der Waals surface area contributed by atoms with E-state index in [0.29, 0.717) is 11.8 Å². The third-order valence-electron chi connectivity index (χ3n) is 2.36. The third kappa shape index (κ3) is 1.30. The van der Waals surface area contributed by atoms with Crippen molar-refractivity contribution in [3.05, 3.63) is 29.3 Å². The van der Waals surface area contributed by atoms with Crippen molar-refractivity contribution in [1.82, 2.24) is 5.32 Å². The van der Waals surface area contributed by atoms with Crippen molar-refractivity contribution >= 4 is 0 Å². The van der Waals surface area contributed by atoms with Gasteiger partial charge in [0.2, 0.25) is 0 Å². The zero-order chi connectivity index (χ0) is 8.55. The van der Waals surface area contributed by atoms with Gasteiger partial charge in [-0.1, -0.05) is 6.07 Å². The fourth-order valence-corrected chi connectivity index (χ4v) is 1.66. The molecule has 2 N–H and O–H groups in total. The predicted molar refractivity (Wildman–Crippen MR) is 48.1 cm³/mol. The number of fused-ring (bicyclic) bond motifs is 1. The maximum atomic E-state index is 9.25. The lowest BCUT2D eigenvalue weighted by Gasteiger charge is -2.22. The minimum Gasteiger partial charge on any atom is -0.508 e. The number of rotatable bonds is 0. The van der Waals surface area contributed by atoms with Crippen LogP contribution < -0.4 is 5.32 Å². The largest absolute Gasteiger partial charge is 0.508 e. The molecule has 0 fully saturated rings. The molecule has 1 aromatic carbocycles. The summed E-state index contributed by atoms with van der Waals surface area (Å²) in [5.74, 6) is 0.378. The highest BCUT2D eigenvalue weighted by atomic mass is 16.3. The number of nitrogens with one attached hydrogen (secondary N) is 1. The summed E-state index contributed by atoms with van der Waals surface area (Å²) in [4.78, 5) is 0. The molecule has 12 heavy (non-hydrogen) atoms. The summed E-state index contributed by atoms with van der Waals surface area (Å²) in [6.45, 7) is 3.09. The molecule has 2 rings (SSSR count). The highest BCUT2D eigenvalue weighted by Gasteiger charge is 2.13. The van der Waals surface area contributed by atoms with Crippen LogP contribution in [0.3, 0.4) is 0 Å². The Balaban J connectivity index is 2.37. The number of phenols is 1. The molecule has 0 spiro atoms. The Hall–Kier alpha value is -1.02. The van der Waals surface area contributed by atoms with Gasteiger partial charge in [0.25, 0.3) is 0 Å². The van der Waals surface area contributed by atoms with E-state index < -0.39 is 0 Å². The minimum absolute atomic E-state index is 0.378. The first-order valence-corrected chi connectivity index (χ1v) is 4.30. The smallest absolute Gasteiger partial charge is 0.115 e. The van der Waals surface area contributed by atoms with E-state index in [1.807, 2.05) is 12.1 Å². The van der Waals surface area contributed by atoms with Crippen LogP contribution in [0.2, 0.25) is 0 Å². The summed E-state index contributed by atoms with van der Waals surface area (Å²) in [7, 11) is 0. The Labute approximate surface area is 72.2 Å². The maximum Gasteiger partial charge on any atom is 0.115 e. The standard InChI is InChI=1S/C10H13NO/c1-7-4-9-5-10(12)3-2-8(9)6-11-7/h2-3,5,7,11-12H,4,6H2,1H3/t7-/m1/s1. The van der Waals surface area contributed by atoms with Crippen LogP contribution in [0, 0.1) is 0 Å². The zero-order valence-electron chi connectivity index (χ0n) is 7.17. The monoisotopic (exact) mass is 163 g/mol. The van der Waals surface area contributed by atoms with Gasteiger partial charge in [-0.2, -0.15) is 0 Å². The van der Waals surface area contributed by atoms with E-state index >= 15 is 0 Å². The molecule has 0 saturated carbocycles. The first-order valence-electron chi connectivity index (χ1n) is 4.30. The van der Waals surface area contributed by atoms with E-state index in [-0.39, 0.29) is 0 Å². The Morgan fingerprint density at radius 2 is 2.25 bits per heavy atom. The summed E-state index contributed by atoms with van der Waals surface area (Å²) in [6.07, 6.45) is 1.02. The van der Waals surface area contributed by atoms with E-state index in [0.717, 1.165) is 13.0 Å². The molecule has 1 aromatic rings. The van der Waals surface area contributed by atoms with Gasteiger partial charge >= 0.3 is 0 Å². The van der Waals surface area contributed by atoms with Crippen LogP contribution in [0.1, 0.15) is 18.1 Å². The molecule has 0 radical (unpaired) electrons. The third-order valence-corrected chi connectivity index (χ3v) is 2.36. The van der Waals surface area contributed by atoms with Crippen LogP contribution in [0.4, 0.5) is 0 Å². The fourth-order valence-electron chi connectivity index (χ4n) is 1.66. The van der Waals surface area contributed by atoms with Crippen molar-refractivity contribution < 1.29 is 5.11 Å². The topological polar surface area (TPSA) is 32.3 Å². The van der Waals surface area contributed by atoms with Crippen LogP contribution in [0.25, 0.3) is 0 Å². The first kappa shape index (κ1) is 7.62. The Morgan fingerprint density at radius 1 is 1.42 bits per heavy atom. The van der Waals surface area contributed by atoms with Crippen LogP contribution in [-0.4, -0.2) is 11.1 Å². The predicted octanol–water partition coefficient (Wildman–Crippen LogP) is 1.43. The van der Waals surface area contributed by atoms with E-state index in [1.54, 1.807) is 6.07 Å². The highest BCUT2D eigenvalue weighted by Crippen LogP contribution is 2.21. The number of hydrogen-bond acceptors (Lipinski definition) is 2. The lowest BCUT2D eigenvalue weighted by molar-refractivity contribution is 0.468. The molecule has 0 unspecified atom stereocenters. The molecule has 0 aliphatic carbocycles. The molecule has 0 bridgehead atoms. The van der Waals surface area contributed by atoms with Gasteiger partial charge in [0.05, 0.1) is 0 Å². The van der Waals surface area contributed by atoms with Gasteiger partial charge in [0.15, 0.2) is 0 Å². The van der Waals surface area contributed by atoms with Gasteiger partial charge in [-0.15, -0.1) is 0 Å². The average Bonchev–Trinajstić information content (AvgIpc) is 2.03.